The van der Waals surface area contributed by atoms with Crippen molar-refractivity contribution in [2.75, 3.05) is 19.5 Å². The molecule has 134 valence electrons. The molecule has 0 atom stereocenters. The summed E-state index contributed by atoms with van der Waals surface area (Å²) < 4.78 is 24.8. The number of carboxylic acids is 1. The third kappa shape index (κ3) is 3.14. The number of fused-ring (bicyclic) bond motifs is 1. The van der Waals surface area contributed by atoms with Gasteiger partial charge in [-0.3, -0.25) is 4.79 Å². The lowest BCUT2D eigenvalue weighted by molar-refractivity contribution is 0.0697. The fourth-order valence-electron chi connectivity index (χ4n) is 2.42. The molecule has 0 saturated heterocycles. The molecule has 0 saturated carbocycles. The second-order valence-electron chi connectivity index (χ2n) is 5.25. The number of carbonyl (C=O) groups is 2. The Morgan fingerprint density at radius 2 is 1.85 bits per heavy atom. The highest BCUT2D eigenvalue weighted by molar-refractivity contribution is 6.07. The molecule has 0 radical (unpaired) electrons. The first kappa shape index (κ1) is 17.2. The monoisotopic (exact) mass is 359 g/mol. The molecule has 0 aliphatic rings. The van der Waals surface area contributed by atoms with Crippen molar-refractivity contribution < 1.29 is 28.6 Å². The number of pyridine rings is 1. The van der Waals surface area contributed by atoms with Gasteiger partial charge in [0.25, 0.3) is 5.91 Å². The SMILES string of the molecule is COc1cc(NC(=O)c2cn3cc(F)ccc3n2)c(C(=O)O)cc1OC. The maximum Gasteiger partial charge on any atom is 0.337 e. The van der Waals surface area contributed by atoms with Gasteiger partial charge in [0.2, 0.25) is 0 Å². The van der Waals surface area contributed by atoms with Crippen molar-refractivity contribution in [3.8, 4) is 11.5 Å². The van der Waals surface area contributed by atoms with Crippen molar-refractivity contribution in [3.05, 3.63) is 53.7 Å². The van der Waals surface area contributed by atoms with Gasteiger partial charge in [0.05, 0.1) is 25.5 Å². The van der Waals surface area contributed by atoms with Crippen molar-refractivity contribution in [1.29, 1.82) is 0 Å². The van der Waals surface area contributed by atoms with Gasteiger partial charge < -0.3 is 24.3 Å². The van der Waals surface area contributed by atoms with Crippen molar-refractivity contribution >= 4 is 23.2 Å². The lowest BCUT2D eigenvalue weighted by atomic mass is 10.1. The number of nitrogens with one attached hydrogen (secondary N) is 1. The summed E-state index contributed by atoms with van der Waals surface area (Å²) in [6.45, 7) is 0. The molecular formula is C17H14FN3O5. The van der Waals surface area contributed by atoms with E-state index in [2.05, 4.69) is 10.3 Å². The molecule has 0 aliphatic heterocycles. The van der Waals surface area contributed by atoms with E-state index in [9.17, 15) is 19.1 Å². The third-order valence-electron chi connectivity index (χ3n) is 3.65. The number of hydrogen-bond donors (Lipinski definition) is 2. The Bertz CT molecular complexity index is 1020. The van der Waals surface area contributed by atoms with Gasteiger partial charge in [-0.15, -0.1) is 0 Å². The van der Waals surface area contributed by atoms with E-state index in [-0.39, 0.29) is 28.4 Å². The highest BCUT2D eigenvalue weighted by Crippen LogP contribution is 2.33. The Morgan fingerprint density at radius 1 is 1.15 bits per heavy atom. The summed E-state index contributed by atoms with van der Waals surface area (Å²) >= 11 is 0. The Balaban J connectivity index is 1.98. The molecule has 26 heavy (non-hydrogen) atoms. The minimum absolute atomic E-state index is 0.00160. The second-order valence-corrected chi connectivity index (χ2v) is 5.25. The highest BCUT2D eigenvalue weighted by Gasteiger charge is 2.19. The lowest BCUT2D eigenvalue weighted by Crippen LogP contribution is -2.15. The molecule has 3 rings (SSSR count). The molecule has 8 nitrogen and oxygen atoms in total. The van der Waals surface area contributed by atoms with Crippen LogP contribution < -0.4 is 14.8 Å². The van der Waals surface area contributed by atoms with Crippen LogP contribution in [0.3, 0.4) is 0 Å². The zero-order chi connectivity index (χ0) is 18.8. The number of halogens is 1. The number of rotatable bonds is 5. The van der Waals surface area contributed by atoms with E-state index >= 15 is 0 Å². The second kappa shape index (κ2) is 6.71. The van der Waals surface area contributed by atoms with Crippen LogP contribution in [0, 0.1) is 5.82 Å². The van der Waals surface area contributed by atoms with Crippen LogP contribution in [0.4, 0.5) is 10.1 Å². The predicted molar refractivity (Wildman–Crippen MR) is 89.6 cm³/mol. The minimum Gasteiger partial charge on any atom is -0.493 e. The summed E-state index contributed by atoms with van der Waals surface area (Å²) in [5, 5.41) is 11.9. The van der Waals surface area contributed by atoms with E-state index in [1.165, 1.54) is 55.3 Å². The average molecular weight is 359 g/mol. The normalized spacial score (nSPS) is 10.6. The number of imidazole rings is 1. The van der Waals surface area contributed by atoms with Crippen LogP contribution in [-0.2, 0) is 0 Å². The number of nitrogens with zero attached hydrogens (tertiary/aromatic N) is 2. The quantitative estimate of drug-likeness (QED) is 0.725. The molecule has 9 heteroatoms. The summed E-state index contributed by atoms with van der Waals surface area (Å²) in [6, 6.07) is 5.23. The number of methoxy groups -OCH3 is 2. The molecule has 2 N–H and O–H groups in total. The van der Waals surface area contributed by atoms with E-state index in [1.807, 2.05) is 0 Å². The van der Waals surface area contributed by atoms with Gasteiger partial charge in [-0.1, -0.05) is 0 Å². The molecule has 0 aliphatic carbocycles. The Hall–Kier alpha value is -3.62. The molecule has 1 amide bonds. The first-order chi connectivity index (χ1) is 12.4. The van der Waals surface area contributed by atoms with E-state index in [0.717, 1.165) is 0 Å². The largest absolute Gasteiger partial charge is 0.493 e. The van der Waals surface area contributed by atoms with Gasteiger partial charge in [0, 0.05) is 24.5 Å². The van der Waals surface area contributed by atoms with Gasteiger partial charge in [-0.25, -0.2) is 14.2 Å². The summed E-state index contributed by atoms with van der Waals surface area (Å²) in [5.74, 6) is -1.91. The number of benzene rings is 1. The molecule has 3 aromatic rings. The van der Waals surface area contributed by atoms with Crippen molar-refractivity contribution in [2.24, 2.45) is 0 Å². The third-order valence-corrected chi connectivity index (χ3v) is 3.65. The molecule has 0 unspecified atom stereocenters. The standard InChI is InChI=1S/C17H14FN3O5/c1-25-13-5-10(17(23)24)11(6-14(13)26-2)20-16(22)12-8-21-7-9(18)3-4-15(21)19-12/h3-8H,1-2H3,(H,20,22)(H,23,24). The summed E-state index contributed by atoms with van der Waals surface area (Å²) in [7, 11) is 2.76. The van der Waals surface area contributed by atoms with E-state index < -0.39 is 17.7 Å². The van der Waals surface area contributed by atoms with Gasteiger partial charge in [-0.05, 0) is 12.1 Å². The van der Waals surface area contributed by atoms with Crippen molar-refractivity contribution in [1.82, 2.24) is 9.38 Å². The molecule has 0 bridgehead atoms. The van der Waals surface area contributed by atoms with Crippen LogP contribution in [0.5, 0.6) is 11.5 Å². The molecule has 2 heterocycles. The summed E-state index contributed by atoms with van der Waals surface area (Å²) in [6.07, 6.45) is 2.52. The van der Waals surface area contributed by atoms with Gasteiger partial charge in [0.15, 0.2) is 11.5 Å². The zero-order valence-electron chi connectivity index (χ0n) is 13.8. The van der Waals surface area contributed by atoms with Crippen LogP contribution in [-0.4, -0.2) is 40.6 Å². The minimum atomic E-state index is -1.25. The number of carbonyl (C=O) groups excluding carboxylic acids is 1. The molecule has 0 fully saturated rings. The van der Waals surface area contributed by atoms with Crippen LogP contribution >= 0.6 is 0 Å². The Morgan fingerprint density at radius 3 is 2.50 bits per heavy atom. The average Bonchev–Trinajstić information content (AvgIpc) is 3.04. The summed E-state index contributed by atoms with van der Waals surface area (Å²) in [4.78, 5) is 28.0. The maximum atomic E-state index is 13.3. The van der Waals surface area contributed by atoms with Crippen LogP contribution in [0.1, 0.15) is 20.8 Å². The molecule has 1 aromatic carbocycles. The first-order valence-corrected chi connectivity index (χ1v) is 7.38. The van der Waals surface area contributed by atoms with Crippen LogP contribution in [0.25, 0.3) is 5.65 Å². The van der Waals surface area contributed by atoms with Gasteiger partial charge in [-0.2, -0.15) is 0 Å². The first-order valence-electron chi connectivity index (χ1n) is 7.38. The van der Waals surface area contributed by atoms with Crippen molar-refractivity contribution in [2.45, 2.75) is 0 Å². The topological polar surface area (TPSA) is 102 Å². The number of aromatic nitrogens is 2. The predicted octanol–water partition coefficient (Wildman–Crippen LogP) is 2.44. The van der Waals surface area contributed by atoms with E-state index in [0.29, 0.717) is 5.65 Å². The number of ether oxygens (including phenoxy) is 2. The fourth-order valence-corrected chi connectivity index (χ4v) is 2.42. The number of anilines is 1. The van der Waals surface area contributed by atoms with Gasteiger partial charge >= 0.3 is 5.97 Å². The zero-order valence-corrected chi connectivity index (χ0v) is 13.8. The number of amides is 1. The van der Waals surface area contributed by atoms with Crippen LogP contribution in [0.2, 0.25) is 0 Å². The van der Waals surface area contributed by atoms with E-state index in [4.69, 9.17) is 9.47 Å². The fraction of sp³-hybridized carbons (Fsp3) is 0.118. The van der Waals surface area contributed by atoms with E-state index in [1.54, 1.807) is 0 Å². The van der Waals surface area contributed by atoms with Crippen molar-refractivity contribution in [3.63, 3.8) is 0 Å². The smallest absolute Gasteiger partial charge is 0.337 e. The number of carboxylic acid groups (broad SMARTS) is 1. The Kier molecular flexibility index (Phi) is 4.44. The molecule has 0 spiro atoms. The maximum absolute atomic E-state index is 13.3. The number of hydrogen-bond acceptors (Lipinski definition) is 5. The summed E-state index contributed by atoms with van der Waals surface area (Å²) in [5.41, 5.74) is 0.221. The van der Waals surface area contributed by atoms with Crippen LogP contribution in [0.15, 0.2) is 36.7 Å². The number of aromatic carboxylic acids is 1. The molecular weight excluding hydrogens is 345 g/mol. The molecule has 2 aromatic heterocycles. The Labute approximate surface area is 146 Å². The highest BCUT2D eigenvalue weighted by atomic mass is 19.1. The lowest BCUT2D eigenvalue weighted by Gasteiger charge is -2.13. The van der Waals surface area contributed by atoms with Gasteiger partial charge in [0.1, 0.15) is 17.2 Å².